The maximum absolute atomic E-state index is 12.4. The summed E-state index contributed by atoms with van der Waals surface area (Å²) >= 11 is 1.49. The van der Waals surface area contributed by atoms with Gasteiger partial charge in [-0.05, 0) is 29.8 Å². The van der Waals surface area contributed by atoms with Crippen molar-refractivity contribution in [2.75, 3.05) is 17.2 Å². The number of hydrogen-bond acceptors (Lipinski definition) is 6. The molecule has 3 aromatic rings. The number of benzene rings is 2. The summed E-state index contributed by atoms with van der Waals surface area (Å²) in [4.78, 5) is 16.7. The Balaban J connectivity index is 1.53. The standard InChI is InChI=1S/C20H18N4O3S2/c1-2-9-23-29(26,27)11-13-3-5-14(6-4-13)21-10-15-18-16(24-20(15)25)7-8-17-19(18)28-12-22-17/h2-8,10,12,21,23H,1,9,11H2,(H,24,25)/b15-10-. The fourth-order valence-corrected chi connectivity index (χ4v) is 5.01. The van der Waals surface area contributed by atoms with E-state index in [9.17, 15) is 13.2 Å². The second kappa shape index (κ2) is 7.78. The second-order valence-electron chi connectivity index (χ2n) is 6.44. The molecule has 148 valence electrons. The molecule has 1 aliphatic heterocycles. The Kier molecular flexibility index (Phi) is 5.18. The van der Waals surface area contributed by atoms with Crippen LogP contribution in [0.2, 0.25) is 0 Å². The van der Waals surface area contributed by atoms with Gasteiger partial charge in [-0.2, -0.15) is 0 Å². The number of hydrogen-bond donors (Lipinski definition) is 3. The van der Waals surface area contributed by atoms with E-state index >= 15 is 0 Å². The van der Waals surface area contributed by atoms with Crippen LogP contribution >= 0.6 is 11.3 Å². The summed E-state index contributed by atoms with van der Waals surface area (Å²) in [7, 11) is -3.40. The van der Waals surface area contributed by atoms with Gasteiger partial charge >= 0.3 is 0 Å². The molecule has 0 unspecified atom stereocenters. The van der Waals surface area contributed by atoms with Crippen LogP contribution in [0.25, 0.3) is 15.8 Å². The van der Waals surface area contributed by atoms with Gasteiger partial charge < -0.3 is 10.6 Å². The third-order valence-corrected chi connectivity index (χ3v) is 6.58. The fourth-order valence-electron chi connectivity index (χ4n) is 3.05. The Morgan fingerprint density at radius 2 is 1.97 bits per heavy atom. The lowest BCUT2D eigenvalue weighted by Crippen LogP contribution is -2.25. The van der Waals surface area contributed by atoms with E-state index in [4.69, 9.17) is 0 Å². The average Bonchev–Trinajstić information content (AvgIpc) is 3.29. The molecule has 0 radical (unpaired) electrons. The number of amides is 1. The predicted octanol–water partition coefficient (Wildman–Crippen LogP) is 3.31. The molecule has 1 aliphatic rings. The molecule has 0 aliphatic carbocycles. The first-order chi connectivity index (χ1) is 14.0. The minimum atomic E-state index is -3.40. The van der Waals surface area contributed by atoms with Crippen LogP contribution in [-0.2, 0) is 20.6 Å². The summed E-state index contributed by atoms with van der Waals surface area (Å²) in [5, 5.41) is 5.99. The summed E-state index contributed by atoms with van der Waals surface area (Å²) in [5.41, 5.74) is 6.17. The van der Waals surface area contributed by atoms with Crippen LogP contribution < -0.4 is 15.4 Å². The van der Waals surface area contributed by atoms with Crippen LogP contribution in [0.1, 0.15) is 11.1 Å². The molecule has 0 bridgehead atoms. The summed E-state index contributed by atoms with van der Waals surface area (Å²) in [6.45, 7) is 3.70. The van der Waals surface area contributed by atoms with E-state index < -0.39 is 10.0 Å². The van der Waals surface area contributed by atoms with E-state index in [1.807, 2.05) is 12.1 Å². The Bertz CT molecular complexity index is 1230. The van der Waals surface area contributed by atoms with Gasteiger partial charge in [0.15, 0.2) is 0 Å². The van der Waals surface area contributed by atoms with Crippen molar-refractivity contribution in [2.45, 2.75) is 5.75 Å². The molecule has 3 N–H and O–H groups in total. The van der Waals surface area contributed by atoms with E-state index in [0.29, 0.717) is 11.1 Å². The molecule has 2 aromatic carbocycles. The molecule has 0 spiro atoms. The van der Waals surface area contributed by atoms with E-state index in [-0.39, 0.29) is 18.2 Å². The topological polar surface area (TPSA) is 100 Å². The van der Waals surface area contributed by atoms with Gasteiger partial charge in [0, 0.05) is 24.0 Å². The van der Waals surface area contributed by atoms with E-state index in [1.54, 1.807) is 36.0 Å². The van der Waals surface area contributed by atoms with Gasteiger partial charge in [0.1, 0.15) is 0 Å². The normalized spacial score (nSPS) is 14.8. The lowest BCUT2D eigenvalue weighted by atomic mass is 10.1. The SMILES string of the molecule is C=CCNS(=O)(=O)Cc1ccc(N/C=C2\C(=O)Nc3ccc4ncsc4c32)cc1. The summed E-state index contributed by atoms with van der Waals surface area (Å²) < 4.78 is 27.3. The van der Waals surface area contributed by atoms with Crippen molar-refractivity contribution in [3.63, 3.8) is 0 Å². The number of rotatable bonds is 7. The van der Waals surface area contributed by atoms with Crippen molar-refractivity contribution in [3.05, 3.63) is 71.9 Å². The van der Waals surface area contributed by atoms with Crippen molar-refractivity contribution in [1.29, 1.82) is 0 Å². The van der Waals surface area contributed by atoms with Gasteiger partial charge in [-0.1, -0.05) is 18.2 Å². The number of carbonyl (C=O) groups excluding carboxylic acids is 1. The molecule has 29 heavy (non-hydrogen) atoms. The zero-order chi connectivity index (χ0) is 20.4. The van der Waals surface area contributed by atoms with E-state index in [1.165, 1.54) is 17.4 Å². The highest BCUT2D eigenvalue weighted by atomic mass is 32.2. The fraction of sp³-hybridized carbons (Fsp3) is 0.100. The third-order valence-electron chi connectivity index (χ3n) is 4.40. The highest BCUT2D eigenvalue weighted by Crippen LogP contribution is 2.39. The summed E-state index contributed by atoms with van der Waals surface area (Å²) in [6.07, 6.45) is 3.16. The number of nitrogens with zero attached hydrogens (tertiary/aromatic N) is 1. The summed E-state index contributed by atoms with van der Waals surface area (Å²) in [6, 6.07) is 10.8. The monoisotopic (exact) mass is 426 g/mol. The first kappa shape index (κ1) is 19.3. The van der Waals surface area contributed by atoms with Crippen LogP contribution in [0.5, 0.6) is 0 Å². The number of thiazole rings is 1. The number of fused-ring (bicyclic) bond motifs is 3. The molecule has 0 fully saturated rings. The zero-order valence-electron chi connectivity index (χ0n) is 15.3. The highest BCUT2D eigenvalue weighted by molar-refractivity contribution is 7.88. The smallest absolute Gasteiger partial charge is 0.257 e. The Morgan fingerprint density at radius 3 is 2.72 bits per heavy atom. The molecule has 1 amide bonds. The zero-order valence-corrected chi connectivity index (χ0v) is 16.9. The quantitative estimate of drug-likeness (QED) is 0.398. The average molecular weight is 427 g/mol. The van der Waals surface area contributed by atoms with Gasteiger partial charge in [0.25, 0.3) is 5.91 Å². The van der Waals surface area contributed by atoms with Gasteiger partial charge in [-0.15, -0.1) is 17.9 Å². The largest absolute Gasteiger partial charge is 0.361 e. The Labute approximate surface area is 172 Å². The minimum absolute atomic E-state index is 0.110. The maximum atomic E-state index is 12.4. The molecule has 0 atom stereocenters. The third kappa shape index (κ3) is 4.07. The first-order valence-electron chi connectivity index (χ1n) is 8.78. The first-order valence-corrected chi connectivity index (χ1v) is 11.3. The van der Waals surface area contributed by atoms with Crippen molar-refractivity contribution < 1.29 is 13.2 Å². The van der Waals surface area contributed by atoms with Crippen LogP contribution in [0.4, 0.5) is 11.4 Å². The van der Waals surface area contributed by atoms with Gasteiger partial charge in [0.2, 0.25) is 10.0 Å². The van der Waals surface area contributed by atoms with Gasteiger partial charge in [0.05, 0.1) is 32.7 Å². The predicted molar refractivity (Wildman–Crippen MR) is 117 cm³/mol. The lowest BCUT2D eigenvalue weighted by Gasteiger charge is -2.07. The van der Waals surface area contributed by atoms with E-state index in [2.05, 4.69) is 26.9 Å². The Hall–Kier alpha value is -3.01. The van der Waals surface area contributed by atoms with Crippen molar-refractivity contribution >= 4 is 54.4 Å². The summed E-state index contributed by atoms with van der Waals surface area (Å²) in [5.74, 6) is -0.286. The second-order valence-corrected chi connectivity index (χ2v) is 9.10. The molecule has 2 heterocycles. The van der Waals surface area contributed by atoms with Crippen LogP contribution in [-0.4, -0.2) is 25.9 Å². The molecule has 1 aromatic heterocycles. The molecule has 0 saturated heterocycles. The maximum Gasteiger partial charge on any atom is 0.257 e. The molecular formula is C20H18N4O3S2. The van der Waals surface area contributed by atoms with Crippen molar-refractivity contribution in [2.24, 2.45) is 0 Å². The van der Waals surface area contributed by atoms with Crippen LogP contribution in [0, 0.1) is 0 Å². The number of sulfonamides is 1. The van der Waals surface area contributed by atoms with Gasteiger partial charge in [-0.25, -0.2) is 18.1 Å². The molecule has 0 saturated carbocycles. The van der Waals surface area contributed by atoms with Crippen molar-refractivity contribution in [1.82, 2.24) is 9.71 Å². The molecular weight excluding hydrogens is 408 g/mol. The number of anilines is 2. The number of carbonyl (C=O) groups is 1. The molecule has 7 nitrogen and oxygen atoms in total. The van der Waals surface area contributed by atoms with E-state index in [0.717, 1.165) is 27.2 Å². The lowest BCUT2D eigenvalue weighted by molar-refractivity contribution is -0.110. The molecule has 4 rings (SSSR count). The molecule has 9 heteroatoms. The van der Waals surface area contributed by atoms with Crippen LogP contribution in [0.15, 0.2) is 60.8 Å². The van der Waals surface area contributed by atoms with Gasteiger partial charge in [-0.3, -0.25) is 4.79 Å². The number of nitrogens with one attached hydrogen (secondary N) is 3. The van der Waals surface area contributed by atoms with Crippen LogP contribution in [0.3, 0.4) is 0 Å². The highest BCUT2D eigenvalue weighted by Gasteiger charge is 2.27. The minimum Gasteiger partial charge on any atom is -0.361 e. The van der Waals surface area contributed by atoms with Crippen molar-refractivity contribution in [3.8, 4) is 0 Å². The Morgan fingerprint density at radius 1 is 1.17 bits per heavy atom. The number of aromatic nitrogens is 1.